The average Bonchev–Trinajstić information content (AvgIpc) is 2.67. The first kappa shape index (κ1) is 16.4. The van der Waals surface area contributed by atoms with E-state index in [1.54, 1.807) is 6.20 Å². The van der Waals surface area contributed by atoms with Crippen LogP contribution in [0.5, 0.6) is 5.75 Å². The lowest BCUT2D eigenvalue weighted by atomic mass is 10.1. The molecule has 0 fully saturated rings. The second-order valence-electron chi connectivity index (χ2n) is 5.37. The number of amides is 1. The summed E-state index contributed by atoms with van der Waals surface area (Å²) in [6.45, 7) is 0.503. The normalized spacial score (nSPS) is 10.3. The number of nitrogens with two attached hydrogens (primary N) is 1. The Morgan fingerprint density at radius 2 is 1.84 bits per heavy atom. The fraction of sp³-hybridized carbons (Fsp3) is 0.105. The van der Waals surface area contributed by atoms with Gasteiger partial charge in [-0.2, -0.15) is 0 Å². The van der Waals surface area contributed by atoms with Gasteiger partial charge in [0.2, 0.25) is 0 Å². The van der Waals surface area contributed by atoms with Gasteiger partial charge in [-0.3, -0.25) is 4.79 Å². The van der Waals surface area contributed by atoms with Crippen molar-refractivity contribution in [1.29, 1.82) is 0 Å². The highest BCUT2D eigenvalue weighted by molar-refractivity contribution is 5.96. The van der Waals surface area contributed by atoms with Gasteiger partial charge in [0, 0.05) is 12.6 Å². The van der Waals surface area contributed by atoms with Crippen molar-refractivity contribution in [2.45, 2.75) is 6.61 Å². The Morgan fingerprint density at radius 1 is 1.12 bits per heavy atom. The fourth-order valence-corrected chi connectivity index (χ4v) is 2.29. The van der Waals surface area contributed by atoms with Crippen molar-refractivity contribution >= 4 is 11.7 Å². The number of nitrogen functional groups attached to an aromatic ring is 1. The molecule has 1 heterocycles. The number of benzene rings is 2. The molecule has 0 aliphatic heterocycles. The predicted molar refractivity (Wildman–Crippen MR) is 96.0 cm³/mol. The van der Waals surface area contributed by atoms with E-state index in [1.807, 2.05) is 54.6 Å². The van der Waals surface area contributed by atoms with Crippen LogP contribution < -0.4 is 15.8 Å². The summed E-state index contributed by atoms with van der Waals surface area (Å²) in [5.74, 6) is 0.489. The molecule has 6 heteroatoms. The van der Waals surface area contributed by atoms with Gasteiger partial charge in [-0.15, -0.1) is 0 Å². The number of carbonyl (C=O) groups excluding carboxylic acids is 1. The van der Waals surface area contributed by atoms with Crippen LogP contribution in [0.4, 0.5) is 5.82 Å². The summed E-state index contributed by atoms with van der Waals surface area (Å²) in [7, 11) is 1.52. The molecular weight excluding hydrogens is 316 g/mol. The molecule has 1 amide bonds. The third kappa shape index (κ3) is 3.92. The Balaban J connectivity index is 1.75. The van der Waals surface area contributed by atoms with Gasteiger partial charge in [0.1, 0.15) is 12.4 Å². The maximum Gasteiger partial charge on any atom is 0.273 e. The van der Waals surface area contributed by atoms with Crippen molar-refractivity contribution in [1.82, 2.24) is 15.3 Å². The Labute approximate surface area is 145 Å². The van der Waals surface area contributed by atoms with Gasteiger partial charge >= 0.3 is 0 Å². The smallest absolute Gasteiger partial charge is 0.273 e. The highest BCUT2D eigenvalue weighted by Crippen LogP contribution is 2.22. The molecule has 0 saturated carbocycles. The third-order valence-corrected chi connectivity index (χ3v) is 3.64. The van der Waals surface area contributed by atoms with E-state index >= 15 is 0 Å². The predicted octanol–water partition coefficient (Wildman–Crippen LogP) is 2.66. The van der Waals surface area contributed by atoms with Crippen LogP contribution in [0.3, 0.4) is 0 Å². The van der Waals surface area contributed by atoms with Crippen molar-refractivity contribution in [3.8, 4) is 17.0 Å². The van der Waals surface area contributed by atoms with Crippen molar-refractivity contribution in [3.63, 3.8) is 0 Å². The largest absolute Gasteiger partial charge is 0.489 e. The molecule has 0 saturated heterocycles. The Kier molecular flexibility index (Phi) is 4.89. The van der Waals surface area contributed by atoms with Crippen LogP contribution >= 0.6 is 0 Å². The first-order valence-corrected chi connectivity index (χ1v) is 7.79. The van der Waals surface area contributed by atoms with Gasteiger partial charge in [0.25, 0.3) is 5.91 Å². The molecular formula is C19H18N4O2. The van der Waals surface area contributed by atoms with Crippen LogP contribution in [0.2, 0.25) is 0 Å². The van der Waals surface area contributed by atoms with E-state index in [9.17, 15) is 4.79 Å². The molecule has 0 unspecified atom stereocenters. The number of carbonyl (C=O) groups is 1. The van der Waals surface area contributed by atoms with Crippen LogP contribution in [0.1, 0.15) is 16.1 Å². The molecule has 126 valence electrons. The third-order valence-electron chi connectivity index (χ3n) is 3.64. The summed E-state index contributed by atoms with van der Waals surface area (Å²) >= 11 is 0. The SMILES string of the molecule is CNC(=O)c1nc(-c2ccc(OCc3ccccc3)cc2)cnc1N. The molecule has 0 aliphatic carbocycles. The molecule has 25 heavy (non-hydrogen) atoms. The Morgan fingerprint density at radius 3 is 2.52 bits per heavy atom. The number of rotatable bonds is 5. The zero-order valence-electron chi connectivity index (χ0n) is 13.8. The first-order chi connectivity index (χ1) is 12.2. The number of nitrogens with one attached hydrogen (secondary N) is 1. The number of aromatic nitrogens is 2. The average molecular weight is 334 g/mol. The Hall–Kier alpha value is -3.41. The maximum atomic E-state index is 11.8. The van der Waals surface area contributed by atoms with Crippen molar-refractivity contribution in [2.75, 3.05) is 12.8 Å². The molecule has 3 rings (SSSR count). The lowest BCUT2D eigenvalue weighted by Crippen LogP contribution is -2.21. The molecule has 3 aromatic rings. The topological polar surface area (TPSA) is 90.1 Å². The minimum Gasteiger partial charge on any atom is -0.489 e. The highest BCUT2D eigenvalue weighted by atomic mass is 16.5. The summed E-state index contributed by atoms with van der Waals surface area (Å²) in [5.41, 5.74) is 8.32. The second kappa shape index (κ2) is 7.44. The fourth-order valence-electron chi connectivity index (χ4n) is 2.29. The molecule has 2 aromatic carbocycles. The number of hydrogen-bond acceptors (Lipinski definition) is 5. The van der Waals surface area contributed by atoms with Crippen LogP contribution in [0.25, 0.3) is 11.3 Å². The summed E-state index contributed by atoms with van der Waals surface area (Å²) < 4.78 is 5.76. The summed E-state index contributed by atoms with van der Waals surface area (Å²) in [4.78, 5) is 20.1. The monoisotopic (exact) mass is 334 g/mol. The zero-order valence-corrected chi connectivity index (χ0v) is 13.8. The van der Waals surface area contributed by atoms with Gasteiger partial charge in [-0.05, 0) is 29.8 Å². The van der Waals surface area contributed by atoms with Crippen LogP contribution in [0.15, 0.2) is 60.8 Å². The minimum absolute atomic E-state index is 0.103. The molecule has 3 N–H and O–H groups in total. The highest BCUT2D eigenvalue weighted by Gasteiger charge is 2.13. The van der Waals surface area contributed by atoms with E-state index < -0.39 is 0 Å². The zero-order chi connectivity index (χ0) is 17.6. The van der Waals surface area contributed by atoms with Gasteiger partial charge < -0.3 is 15.8 Å². The van der Waals surface area contributed by atoms with Crippen molar-refractivity contribution < 1.29 is 9.53 Å². The second-order valence-corrected chi connectivity index (χ2v) is 5.37. The number of anilines is 1. The van der Waals surface area contributed by atoms with Gasteiger partial charge in [0.15, 0.2) is 11.5 Å². The summed E-state index contributed by atoms with van der Waals surface area (Å²) in [6, 6.07) is 17.4. The van der Waals surface area contributed by atoms with E-state index in [-0.39, 0.29) is 17.4 Å². The number of ether oxygens (including phenoxy) is 1. The first-order valence-electron chi connectivity index (χ1n) is 7.79. The van der Waals surface area contributed by atoms with Crippen molar-refractivity contribution in [3.05, 3.63) is 72.1 Å². The molecule has 6 nitrogen and oxygen atoms in total. The van der Waals surface area contributed by atoms with Crippen molar-refractivity contribution in [2.24, 2.45) is 0 Å². The molecule has 0 atom stereocenters. The molecule has 0 bridgehead atoms. The van der Waals surface area contributed by atoms with E-state index in [2.05, 4.69) is 15.3 Å². The molecule has 0 spiro atoms. The lowest BCUT2D eigenvalue weighted by molar-refractivity contribution is 0.0959. The number of hydrogen-bond donors (Lipinski definition) is 2. The van der Waals surface area contributed by atoms with E-state index in [0.717, 1.165) is 16.9 Å². The van der Waals surface area contributed by atoms with Crippen LogP contribution in [-0.2, 0) is 6.61 Å². The minimum atomic E-state index is -0.366. The standard InChI is InChI=1S/C19H18N4O2/c1-21-19(24)17-18(20)22-11-16(23-17)14-7-9-15(10-8-14)25-12-13-5-3-2-4-6-13/h2-11H,12H2,1H3,(H2,20,22)(H,21,24). The summed E-state index contributed by atoms with van der Waals surface area (Å²) in [5, 5.41) is 2.50. The van der Waals surface area contributed by atoms with E-state index in [1.165, 1.54) is 7.05 Å². The summed E-state index contributed by atoms with van der Waals surface area (Å²) in [6.07, 6.45) is 1.54. The lowest BCUT2D eigenvalue weighted by Gasteiger charge is -2.08. The van der Waals surface area contributed by atoms with Crippen LogP contribution in [-0.4, -0.2) is 22.9 Å². The maximum absolute atomic E-state index is 11.8. The van der Waals surface area contributed by atoms with Crippen LogP contribution in [0, 0.1) is 0 Å². The number of nitrogens with zero attached hydrogens (tertiary/aromatic N) is 2. The van der Waals surface area contributed by atoms with Gasteiger partial charge in [-0.1, -0.05) is 30.3 Å². The molecule has 0 radical (unpaired) electrons. The van der Waals surface area contributed by atoms with E-state index in [4.69, 9.17) is 10.5 Å². The quantitative estimate of drug-likeness (QED) is 0.748. The molecule has 0 aliphatic rings. The van der Waals surface area contributed by atoms with E-state index in [0.29, 0.717) is 12.3 Å². The van der Waals surface area contributed by atoms with Gasteiger partial charge in [-0.25, -0.2) is 9.97 Å². The Bertz CT molecular complexity index is 864. The van der Waals surface area contributed by atoms with Gasteiger partial charge in [0.05, 0.1) is 11.9 Å². The molecule has 1 aromatic heterocycles.